The molecule has 0 aliphatic heterocycles. The second-order valence-electron chi connectivity index (χ2n) is 3.86. The molecule has 0 aliphatic rings. The van der Waals surface area contributed by atoms with Crippen molar-refractivity contribution in [2.75, 3.05) is 5.32 Å². The molecule has 2 heterocycles. The molecule has 2 aromatic rings. The van der Waals surface area contributed by atoms with Gasteiger partial charge in [-0.1, -0.05) is 18.5 Å². The molecular weight excluding hydrogens is 286 g/mol. The van der Waals surface area contributed by atoms with Crippen LogP contribution >= 0.6 is 22.9 Å². The van der Waals surface area contributed by atoms with Crippen LogP contribution in [0.25, 0.3) is 0 Å². The van der Waals surface area contributed by atoms with Crippen molar-refractivity contribution in [1.82, 2.24) is 9.97 Å². The maximum Gasteiger partial charge on any atom is 0.337 e. The molecule has 0 saturated carbocycles. The van der Waals surface area contributed by atoms with Crippen LogP contribution in [0.5, 0.6) is 0 Å². The van der Waals surface area contributed by atoms with Crippen LogP contribution in [0.15, 0.2) is 12.3 Å². The van der Waals surface area contributed by atoms with Crippen LogP contribution in [-0.4, -0.2) is 21.0 Å². The van der Waals surface area contributed by atoms with E-state index in [0.717, 1.165) is 17.0 Å². The topological polar surface area (TPSA) is 75.1 Å². The zero-order valence-corrected chi connectivity index (χ0v) is 12.0. The van der Waals surface area contributed by atoms with Gasteiger partial charge in [-0.05, 0) is 19.4 Å². The molecule has 0 spiro atoms. The number of carbonyl (C=O) groups is 1. The Bertz CT molecular complexity index is 627. The van der Waals surface area contributed by atoms with E-state index < -0.39 is 5.97 Å². The Labute approximate surface area is 119 Å². The number of rotatable bonds is 4. The summed E-state index contributed by atoms with van der Waals surface area (Å²) in [4.78, 5) is 20.3. The molecule has 2 aromatic heterocycles. The number of nitrogens with zero attached hydrogens (tertiary/aromatic N) is 2. The summed E-state index contributed by atoms with van der Waals surface area (Å²) < 4.78 is 0. The van der Waals surface area contributed by atoms with E-state index >= 15 is 0 Å². The molecular formula is C12H12ClN3O2S. The Morgan fingerprint density at radius 3 is 2.84 bits per heavy atom. The summed E-state index contributed by atoms with van der Waals surface area (Å²) in [6.07, 6.45) is 2.13. The summed E-state index contributed by atoms with van der Waals surface area (Å²) in [6, 6.07) is 1.36. The summed E-state index contributed by atoms with van der Waals surface area (Å²) in [5.74, 6) is -0.651. The molecule has 0 atom stereocenters. The van der Waals surface area contributed by atoms with Gasteiger partial charge >= 0.3 is 5.97 Å². The van der Waals surface area contributed by atoms with Crippen molar-refractivity contribution in [3.63, 3.8) is 0 Å². The Balaban J connectivity index is 2.25. The predicted octanol–water partition coefficient (Wildman–Crippen LogP) is 3.50. The highest BCUT2D eigenvalue weighted by atomic mass is 35.5. The van der Waals surface area contributed by atoms with E-state index in [9.17, 15) is 4.79 Å². The number of carboxylic acid groups (broad SMARTS) is 1. The van der Waals surface area contributed by atoms with Gasteiger partial charge in [0, 0.05) is 11.1 Å². The summed E-state index contributed by atoms with van der Waals surface area (Å²) in [6.45, 7) is 4.04. The van der Waals surface area contributed by atoms with Gasteiger partial charge in [-0.15, -0.1) is 11.3 Å². The van der Waals surface area contributed by atoms with E-state index in [1.165, 1.54) is 23.6 Å². The van der Waals surface area contributed by atoms with Gasteiger partial charge in [-0.3, -0.25) is 0 Å². The third-order valence-electron chi connectivity index (χ3n) is 2.54. The van der Waals surface area contributed by atoms with Crippen molar-refractivity contribution in [3.05, 3.63) is 33.4 Å². The van der Waals surface area contributed by atoms with E-state index in [1.54, 1.807) is 0 Å². The monoisotopic (exact) mass is 297 g/mol. The number of hydrogen-bond donors (Lipinski definition) is 2. The van der Waals surface area contributed by atoms with Crippen LogP contribution < -0.4 is 5.32 Å². The van der Waals surface area contributed by atoms with E-state index in [-0.39, 0.29) is 10.6 Å². The van der Waals surface area contributed by atoms with Gasteiger partial charge in [0.05, 0.1) is 16.3 Å². The standard InChI is InChI=1S/C12H12ClN3O2S/c1-3-9-6(2)19-12(15-9)16-10-8(13)4-7(5-14-10)11(17)18/h4-5H,3H2,1-2H3,(H,17,18)(H,14,15,16). The van der Waals surface area contributed by atoms with Crippen LogP contribution in [0.1, 0.15) is 27.9 Å². The number of aromatic carboxylic acids is 1. The summed E-state index contributed by atoms with van der Waals surface area (Å²) in [7, 11) is 0. The summed E-state index contributed by atoms with van der Waals surface area (Å²) >= 11 is 7.51. The van der Waals surface area contributed by atoms with Crippen LogP contribution in [-0.2, 0) is 6.42 Å². The third kappa shape index (κ3) is 3.02. The van der Waals surface area contributed by atoms with E-state index in [0.29, 0.717) is 10.9 Å². The number of aryl methyl sites for hydroxylation is 2. The molecule has 0 radical (unpaired) electrons. The van der Waals surface area contributed by atoms with Gasteiger partial charge in [-0.25, -0.2) is 14.8 Å². The zero-order chi connectivity index (χ0) is 14.0. The lowest BCUT2D eigenvalue weighted by atomic mass is 10.3. The fourth-order valence-corrected chi connectivity index (χ4v) is 2.67. The molecule has 5 nitrogen and oxygen atoms in total. The maximum atomic E-state index is 10.8. The van der Waals surface area contributed by atoms with Crippen molar-refractivity contribution in [1.29, 1.82) is 0 Å². The summed E-state index contributed by atoms with van der Waals surface area (Å²) in [5.41, 5.74) is 1.09. The molecule has 100 valence electrons. The van der Waals surface area contributed by atoms with Crippen LogP contribution in [0.2, 0.25) is 5.02 Å². The lowest BCUT2D eigenvalue weighted by molar-refractivity contribution is 0.0696. The van der Waals surface area contributed by atoms with Gasteiger partial charge in [0.1, 0.15) is 0 Å². The normalized spacial score (nSPS) is 10.5. The first-order valence-electron chi connectivity index (χ1n) is 5.63. The molecule has 2 rings (SSSR count). The molecule has 19 heavy (non-hydrogen) atoms. The van der Waals surface area contributed by atoms with Crippen molar-refractivity contribution in [2.45, 2.75) is 20.3 Å². The van der Waals surface area contributed by atoms with E-state index in [1.807, 2.05) is 13.8 Å². The lowest BCUT2D eigenvalue weighted by Gasteiger charge is -2.04. The number of halogens is 1. The predicted molar refractivity (Wildman–Crippen MR) is 75.7 cm³/mol. The minimum absolute atomic E-state index is 0.0557. The van der Waals surface area contributed by atoms with Crippen molar-refractivity contribution in [2.24, 2.45) is 0 Å². The Morgan fingerprint density at radius 1 is 1.58 bits per heavy atom. The lowest BCUT2D eigenvalue weighted by Crippen LogP contribution is -2.00. The highest BCUT2D eigenvalue weighted by Crippen LogP contribution is 2.28. The largest absolute Gasteiger partial charge is 0.478 e. The Morgan fingerprint density at radius 2 is 2.32 bits per heavy atom. The van der Waals surface area contributed by atoms with Crippen LogP contribution in [0.4, 0.5) is 10.9 Å². The molecule has 7 heteroatoms. The minimum atomic E-state index is -1.06. The molecule has 2 N–H and O–H groups in total. The zero-order valence-electron chi connectivity index (χ0n) is 10.4. The number of nitrogens with one attached hydrogen (secondary N) is 1. The number of anilines is 2. The van der Waals surface area contributed by atoms with Crippen LogP contribution in [0.3, 0.4) is 0 Å². The van der Waals surface area contributed by atoms with E-state index in [2.05, 4.69) is 15.3 Å². The average molecular weight is 298 g/mol. The maximum absolute atomic E-state index is 10.8. The van der Waals surface area contributed by atoms with Crippen molar-refractivity contribution < 1.29 is 9.90 Å². The molecule has 0 aliphatic carbocycles. The molecule has 0 bridgehead atoms. The summed E-state index contributed by atoms with van der Waals surface area (Å²) in [5, 5.41) is 12.8. The first-order valence-corrected chi connectivity index (χ1v) is 6.83. The molecule has 0 amide bonds. The second-order valence-corrected chi connectivity index (χ2v) is 5.47. The van der Waals surface area contributed by atoms with Gasteiger partial charge < -0.3 is 10.4 Å². The van der Waals surface area contributed by atoms with Gasteiger partial charge in [0.15, 0.2) is 10.9 Å². The van der Waals surface area contributed by atoms with Gasteiger partial charge in [0.25, 0.3) is 0 Å². The first kappa shape index (κ1) is 13.8. The van der Waals surface area contributed by atoms with Gasteiger partial charge in [0.2, 0.25) is 0 Å². The highest BCUT2D eigenvalue weighted by molar-refractivity contribution is 7.15. The van der Waals surface area contributed by atoms with Crippen LogP contribution in [0, 0.1) is 6.92 Å². The molecule has 0 saturated heterocycles. The first-order chi connectivity index (χ1) is 9.01. The number of thiazole rings is 1. The van der Waals surface area contributed by atoms with E-state index in [4.69, 9.17) is 16.7 Å². The minimum Gasteiger partial charge on any atom is -0.478 e. The molecule has 0 unspecified atom stereocenters. The number of pyridine rings is 1. The average Bonchev–Trinajstić information content (AvgIpc) is 2.72. The van der Waals surface area contributed by atoms with Crippen molar-refractivity contribution >= 4 is 39.9 Å². The quantitative estimate of drug-likeness (QED) is 0.903. The third-order valence-corrected chi connectivity index (χ3v) is 3.76. The molecule has 0 fully saturated rings. The fourth-order valence-electron chi connectivity index (χ4n) is 1.56. The SMILES string of the molecule is CCc1nc(Nc2ncc(C(=O)O)cc2Cl)sc1C. The molecule has 0 aromatic carbocycles. The fraction of sp³-hybridized carbons (Fsp3) is 0.250. The van der Waals surface area contributed by atoms with Crippen molar-refractivity contribution in [3.8, 4) is 0 Å². The smallest absolute Gasteiger partial charge is 0.337 e. The Hall–Kier alpha value is -1.66. The van der Waals surface area contributed by atoms with Gasteiger partial charge in [-0.2, -0.15) is 0 Å². The highest BCUT2D eigenvalue weighted by Gasteiger charge is 2.11. The second kappa shape index (κ2) is 5.54. The number of hydrogen-bond acceptors (Lipinski definition) is 5. The number of carboxylic acids is 1. The number of aromatic nitrogens is 2. The Kier molecular flexibility index (Phi) is 4.01.